The lowest BCUT2D eigenvalue weighted by Gasteiger charge is -2.34. The molecule has 3 aliphatic rings. The van der Waals surface area contributed by atoms with Gasteiger partial charge in [-0.2, -0.15) is 13.2 Å². The molecule has 0 spiro atoms. The van der Waals surface area contributed by atoms with Crippen LogP contribution in [0.25, 0.3) is 0 Å². The number of ether oxygens (including phenoxy) is 1. The molecule has 3 saturated heterocycles. The number of amides is 1. The third kappa shape index (κ3) is 6.65. The summed E-state index contributed by atoms with van der Waals surface area (Å²) in [5, 5.41) is 8.66. The smallest absolute Gasteiger partial charge is 0.475 e. The summed E-state index contributed by atoms with van der Waals surface area (Å²) in [5.41, 5.74) is 1.34. The van der Waals surface area contributed by atoms with Crippen LogP contribution < -0.4 is 0 Å². The van der Waals surface area contributed by atoms with Gasteiger partial charge in [-0.05, 0) is 43.7 Å². The Labute approximate surface area is 178 Å². The van der Waals surface area contributed by atoms with Crippen molar-refractivity contribution in [2.24, 2.45) is 5.92 Å². The van der Waals surface area contributed by atoms with Crippen molar-refractivity contribution in [3.8, 4) is 0 Å². The fourth-order valence-electron chi connectivity index (χ4n) is 4.07. The number of fused-ring (bicyclic) bond motifs is 1. The molecule has 3 fully saturated rings. The van der Waals surface area contributed by atoms with Crippen molar-refractivity contribution in [2.75, 3.05) is 26.2 Å². The number of carboxylic acid groups (broad SMARTS) is 1. The van der Waals surface area contributed by atoms with E-state index in [1.165, 1.54) is 10.6 Å². The zero-order valence-corrected chi connectivity index (χ0v) is 17.1. The summed E-state index contributed by atoms with van der Waals surface area (Å²) < 4.78 is 37.9. The first-order valence-corrected chi connectivity index (χ1v) is 10.4. The number of nitrogens with zero attached hydrogens (tertiary/aromatic N) is 2. The molecule has 1 aromatic carbocycles. The molecule has 31 heavy (non-hydrogen) atoms. The van der Waals surface area contributed by atoms with Gasteiger partial charge < -0.3 is 9.84 Å². The predicted octanol–water partition coefficient (Wildman–Crippen LogP) is 2.85. The number of carboxylic acids is 1. The number of hydrogen-bond acceptors (Lipinski definition) is 5. The van der Waals surface area contributed by atoms with Crippen LogP contribution in [0.4, 0.5) is 13.2 Å². The average molecular weight is 444 g/mol. The molecule has 4 rings (SSSR count). The Bertz CT molecular complexity index is 740. The van der Waals surface area contributed by atoms with Crippen molar-refractivity contribution in [1.82, 2.24) is 9.96 Å². The fourth-order valence-corrected chi connectivity index (χ4v) is 4.07. The topological polar surface area (TPSA) is 79.3 Å². The van der Waals surface area contributed by atoms with E-state index < -0.39 is 12.1 Å². The van der Waals surface area contributed by atoms with Gasteiger partial charge in [0.2, 0.25) is 0 Å². The zero-order chi connectivity index (χ0) is 22.4. The second kappa shape index (κ2) is 10.4. The first-order valence-electron chi connectivity index (χ1n) is 10.4. The number of piperidine rings is 1. The summed E-state index contributed by atoms with van der Waals surface area (Å²) in [7, 11) is 0. The van der Waals surface area contributed by atoms with Crippen LogP contribution in [0.5, 0.6) is 0 Å². The van der Waals surface area contributed by atoms with Crippen LogP contribution in [0.15, 0.2) is 30.3 Å². The van der Waals surface area contributed by atoms with Crippen LogP contribution in [-0.4, -0.2) is 71.6 Å². The summed E-state index contributed by atoms with van der Waals surface area (Å²) >= 11 is 0. The Morgan fingerprint density at radius 3 is 2.45 bits per heavy atom. The molecular weight excluding hydrogens is 417 g/mol. The molecule has 0 aromatic heterocycles. The Balaban J connectivity index is 0.000000339. The van der Waals surface area contributed by atoms with Crippen LogP contribution in [0.2, 0.25) is 0 Å². The number of halogens is 3. The van der Waals surface area contributed by atoms with E-state index in [1.54, 1.807) is 0 Å². The van der Waals surface area contributed by atoms with Gasteiger partial charge in [0.05, 0.1) is 12.7 Å². The second-order valence-corrected chi connectivity index (χ2v) is 7.95. The molecule has 1 amide bonds. The molecule has 0 bridgehead atoms. The molecule has 0 radical (unpaired) electrons. The minimum absolute atomic E-state index is 0.0266. The first kappa shape index (κ1) is 23.5. The maximum absolute atomic E-state index is 12.6. The van der Waals surface area contributed by atoms with Crippen molar-refractivity contribution in [2.45, 2.75) is 50.6 Å². The highest BCUT2D eigenvalue weighted by Crippen LogP contribution is 2.34. The third-order valence-corrected chi connectivity index (χ3v) is 5.65. The maximum atomic E-state index is 12.6. The summed E-state index contributed by atoms with van der Waals surface area (Å²) in [4.78, 5) is 29.4. The van der Waals surface area contributed by atoms with E-state index >= 15 is 0 Å². The second-order valence-electron chi connectivity index (χ2n) is 7.95. The lowest BCUT2D eigenvalue weighted by molar-refractivity contribution is -0.206. The molecule has 0 unspecified atom stereocenters. The first-order chi connectivity index (χ1) is 14.7. The van der Waals surface area contributed by atoms with Gasteiger partial charge in [-0.1, -0.05) is 30.3 Å². The fraction of sp³-hybridized carbons (Fsp3) is 0.619. The summed E-state index contributed by atoms with van der Waals surface area (Å²) in [6.07, 6.45) is -1.19. The largest absolute Gasteiger partial charge is 0.490 e. The van der Waals surface area contributed by atoms with Crippen LogP contribution >= 0.6 is 0 Å². The maximum Gasteiger partial charge on any atom is 0.490 e. The van der Waals surface area contributed by atoms with Crippen molar-refractivity contribution < 1.29 is 37.4 Å². The molecule has 10 heteroatoms. The van der Waals surface area contributed by atoms with Crippen molar-refractivity contribution in [3.05, 3.63) is 35.9 Å². The summed E-state index contributed by atoms with van der Waals surface area (Å²) in [6, 6.07) is 10.6. The molecule has 7 nitrogen and oxygen atoms in total. The van der Waals surface area contributed by atoms with E-state index in [-0.39, 0.29) is 18.1 Å². The standard InChI is InChI=1S/C19H26N2O3.C2HF3O2/c22-19(21-9-4-5-11-23-21)17-12-16-8-10-20(14-18(16)24-17)13-15-6-2-1-3-7-15;3-2(4,5)1(6)7/h1-3,6-7,16-18H,4-5,8-14H2;(H,6,7)/t16-,17+,18+;/m0./s1. The van der Waals surface area contributed by atoms with E-state index in [2.05, 4.69) is 35.2 Å². The molecule has 3 atom stereocenters. The van der Waals surface area contributed by atoms with Gasteiger partial charge in [-0.15, -0.1) is 0 Å². The third-order valence-electron chi connectivity index (χ3n) is 5.65. The van der Waals surface area contributed by atoms with Crippen molar-refractivity contribution in [1.29, 1.82) is 0 Å². The number of benzene rings is 1. The van der Waals surface area contributed by atoms with Gasteiger partial charge in [0.15, 0.2) is 0 Å². The van der Waals surface area contributed by atoms with Crippen LogP contribution in [0.3, 0.4) is 0 Å². The highest BCUT2D eigenvalue weighted by atomic mass is 19.4. The lowest BCUT2D eigenvalue weighted by atomic mass is 9.91. The van der Waals surface area contributed by atoms with Crippen LogP contribution in [0, 0.1) is 5.92 Å². The minimum atomic E-state index is -5.08. The van der Waals surface area contributed by atoms with Crippen LogP contribution in [-0.2, 0) is 25.7 Å². The quantitative estimate of drug-likeness (QED) is 0.773. The molecule has 3 heterocycles. The molecule has 1 aromatic rings. The Hall–Kier alpha value is -2.17. The average Bonchev–Trinajstić information content (AvgIpc) is 3.18. The summed E-state index contributed by atoms with van der Waals surface area (Å²) in [6.45, 7) is 4.32. The minimum Gasteiger partial charge on any atom is -0.475 e. The van der Waals surface area contributed by atoms with Gasteiger partial charge in [0.1, 0.15) is 6.10 Å². The molecule has 0 saturated carbocycles. The number of carbonyl (C=O) groups is 2. The zero-order valence-electron chi connectivity index (χ0n) is 17.1. The predicted molar refractivity (Wildman–Crippen MR) is 104 cm³/mol. The highest BCUT2D eigenvalue weighted by molar-refractivity contribution is 5.80. The molecule has 172 valence electrons. The van der Waals surface area contributed by atoms with E-state index in [0.29, 0.717) is 19.1 Å². The lowest BCUT2D eigenvalue weighted by Crippen LogP contribution is -2.43. The van der Waals surface area contributed by atoms with E-state index in [1.807, 2.05) is 0 Å². The Morgan fingerprint density at radius 2 is 1.84 bits per heavy atom. The van der Waals surface area contributed by atoms with Crippen molar-refractivity contribution in [3.63, 3.8) is 0 Å². The SMILES string of the molecule is O=C(O)C(F)(F)F.O=C([C@H]1C[C@@H]2CCN(Cc3ccccc3)C[C@H]2O1)N1CCCCO1. The highest BCUT2D eigenvalue weighted by Gasteiger charge is 2.43. The molecule has 0 aliphatic carbocycles. The van der Waals surface area contributed by atoms with E-state index in [0.717, 1.165) is 45.3 Å². The monoisotopic (exact) mass is 444 g/mol. The molecule has 1 N–H and O–H groups in total. The number of likely N-dealkylation sites (tertiary alicyclic amines) is 1. The van der Waals surface area contributed by atoms with E-state index in [4.69, 9.17) is 19.5 Å². The van der Waals surface area contributed by atoms with Gasteiger partial charge >= 0.3 is 12.1 Å². The Kier molecular flexibility index (Phi) is 7.90. The van der Waals surface area contributed by atoms with Crippen LogP contribution in [0.1, 0.15) is 31.2 Å². The number of hydrogen-bond donors (Lipinski definition) is 1. The van der Waals surface area contributed by atoms with E-state index in [9.17, 15) is 18.0 Å². The molecule has 3 aliphatic heterocycles. The number of alkyl halides is 3. The number of rotatable bonds is 3. The normalized spacial score (nSPS) is 26.5. The van der Waals surface area contributed by atoms with Gasteiger partial charge in [-0.3, -0.25) is 14.5 Å². The Morgan fingerprint density at radius 1 is 1.13 bits per heavy atom. The van der Waals surface area contributed by atoms with Gasteiger partial charge in [0.25, 0.3) is 5.91 Å². The molecular formula is C21H27F3N2O5. The number of aliphatic carboxylic acids is 1. The van der Waals surface area contributed by atoms with Gasteiger partial charge in [-0.25, -0.2) is 9.86 Å². The summed E-state index contributed by atoms with van der Waals surface area (Å²) in [5.74, 6) is -2.22. The number of carbonyl (C=O) groups excluding carboxylic acids is 1. The van der Waals surface area contributed by atoms with Crippen molar-refractivity contribution >= 4 is 11.9 Å². The number of hydroxylamine groups is 2. The van der Waals surface area contributed by atoms with Gasteiger partial charge in [0, 0.05) is 19.6 Å².